The number of likely N-dealkylation sites (tertiary alicyclic amines) is 1. The first-order valence-corrected chi connectivity index (χ1v) is 6.57. The Morgan fingerprint density at radius 1 is 1.47 bits per heavy atom. The van der Waals surface area contributed by atoms with Crippen LogP contribution in [0.3, 0.4) is 0 Å². The molecule has 17 heavy (non-hydrogen) atoms. The van der Waals surface area contributed by atoms with Crippen molar-refractivity contribution in [2.75, 3.05) is 6.54 Å². The van der Waals surface area contributed by atoms with E-state index in [1.165, 1.54) is 16.2 Å². The maximum absolute atomic E-state index is 12.3. The standard InChI is InChI=1S/C12H15NO3S/c1-8-5-7-17-10(8)11(14)13-6-3-2-4-9(13)12(15)16/h5,7,9H,2-4,6H2,1H3,(H,15,16)/t9-/m1/s1. The Hall–Kier alpha value is -1.36. The summed E-state index contributed by atoms with van der Waals surface area (Å²) in [6, 6.07) is 1.23. The molecule has 2 rings (SSSR count). The van der Waals surface area contributed by atoms with Crippen LogP contribution in [0.25, 0.3) is 0 Å². The highest BCUT2D eigenvalue weighted by molar-refractivity contribution is 7.12. The van der Waals surface area contributed by atoms with Gasteiger partial charge in [0.05, 0.1) is 4.88 Å². The molecular weight excluding hydrogens is 238 g/mol. The van der Waals surface area contributed by atoms with Gasteiger partial charge in [-0.2, -0.15) is 0 Å². The largest absolute Gasteiger partial charge is 0.480 e. The lowest BCUT2D eigenvalue weighted by atomic mass is 10.0. The van der Waals surface area contributed by atoms with E-state index in [1.54, 1.807) is 0 Å². The molecule has 92 valence electrons. The third-order valence-electron chi connectivity index (χ3n) is 3.11. The Labute approximate surface area is 104 Å². The first-order chi connectivity index (χ1) is 8.11. The number of carboxylic acids is 1. The number of hydrogen-bond acceptors (Lipinski definition) is 3. The molecule has 2 heterocycles. The molecule has 0 spiro atoms. The molecule has 0 bridgehead atoms. The predicted molar refractivity (Wildman–Crippen MR) is 65.4 cm³/mol. The number of carbonyl (C=O) groups is 2. The summed E-state index contributed by atoms with van der Waals surface area (Å²) >= 11 is 1.38. The van der Waals surface area contributed by atoms with Crippen LogP contribution in [0.1, 0.15) is 34.5 Å². The van der Waals surface area contributed by atoms with E-state index in [-0.39, 0.29) is 5.91 Å². The van der Waals surface area contributed by atoms with Gasteiger partial charge in [-0.1, -0.05) is 0 Å². The van der Waals surface area contributed by atoms with Gasteiger partial charge in [0.1, 0.15) is 6.04 Å². The zero-order valence-electron chi connectivity index (χ0n) is 9.68. The van der Waals surface area contributed by atoms with Gasteiger partial charge in [-0.25, -0.2) is 4.79 Å². The fourth-order valence-corrected chi connectivity index (χ4v) is 3.03. The minimum atomic E-state index is -0.896. The summed E-state index contributed by atoms with van der Waals surface area (Å²) in [5, 5.41) is 11.0. The zero-order valence-corrected chi connectivity index (χ0v) is 10.5. The van der Waals surface area contributed by atoms with Crippen LogP contribution >= 0.6 is 11.3 Å². The maximum atomic E-state index is 12.3. The van der Waals surface area contributed by atoms with Gasteiger partial charge in [0.2, 0.25) is 0 Å². The van der Waals surface area contributed by atoms with Crippen molar-refractivity contribution in [1.29, 1.82) is 0 Å². The normalized spacial score (nSPS) is 20.3. The molecule has 1 atom stereocenters. The number of aliphatic carboxylic acids is 1. The van der Waals surface area contributed by atoms with E-state index in [4.69, 9.17) is 5.11 Å². The molecule has 1 N–H and O–H groups in total. The van der Waals surface area contributed by atoms with Crippen LogP contribution in [0.4, 0.5) is 0 Å². The monoisotopic (exact) mass is 253 g/mol. The second-order valence-corrected chi connectivity index (χ2v) is 5.20. The highest BCUT2D eigenvalue weighted by atomic mass is 32.1. The van der Waals surface area contributed by atoms with Gasteiger partial charge in [0, 0.05) is 6.54 Å². The topological polar surface area (TPSA) is 57.6 Å². The Kier molecular flexibility index (Phi) is 3.47. The average Bonchev–Trinajstić information content (AvgIpc) is 2.74. The molecule has 1 amide bonds. The molecule has 1 aliphatic heterocycles. The summed E-state index contributed by atoms with van der Waals surface area (Å²) in [5.41, 5.74) is 0.926. The van der Waals surface area contributed by atoms with Crippen LogP contribution in [0, 0.1) is 6.92 Å². The molecule has 1 aromatic rings. The number of thiophene rings is 1. The Balaban J connectivity index is 2.23. The molecule has 0 aliphatic carbocycles. The molecule has 1 aliphatic rings. The summed E-state index contributed by atoms with van der Waals surface area (Å²) in [6.45, 7) is 2.43. The van der Waals surface area contributed by atoms with E-state index in [2.05, 4.69) is 0 Å². The lowest BCUT2D eigenvalue weighted by molar-refractivity contribution is -0.143. The number of rotatable bonds is 2. The van der Waals surface area contributed by atoms with Gasteiger partial charge in [-0.05, 0) is 43.2 Å². The zero-order chi connectivity index (χ0) is 12.4. The Bertz CT molecular complexity index is 441. The van der Waals surface area contributed by atoms with E-state index in [1.807, 2.05) is 18.4 Å². The van der Waals surface area contributed by atoms with Gasteiger partial charge < -0.3 is 10.0 Å². The molecule has 4 nitrogen and oxygen atoms in total. The molecule has 0 saturated carbocycles. The summed E-state index contributed by atoms with van der Waals surface area (Å²) in [4.78, 5) is 25.6. The second-order valence-electron chi connectivity index (χ2n) is 4.28. The third-order valence-corrected chi connectivity index (χ3v) is 4.11. The van der Waals surface area contributed by atoms with Gasteiger partial charge >= 0.3 is 5.97 Å². The third kappa shape index (κ3) is 2.34. The van der Waals surface area contributed by atoms with Crippen molar-refractivity contribution >= 4 is 23.2 Å². The fraction of sp³-hybridized carbons (Fsp3) is 0.500. The van der Waals surface area contributed by atoms with Crippen LogP contribution in [-0.2, 0) is 4.79 Å². The number of piperidine rings is 1. The van der Waals surface area contributed by atoms with Gasteiger partial charge in [0.25, 0.3) is 5.91 Å². The van der Waals surface area contributed by atoms with E-state index in [0.717, 1.165) is 18.4 Å². The molecule has 5 heteroatoms. The van der Waals surface area contributed by atoms with E-state index in [9.17, 15) is 9.59 Å². The highest BCUT2D eigenvalue weighted by Crippen LogP contribution is 2.24. The number of hydrogen-bond donors (Lipinski definition) is 1. The maximum Gasteiger partial charge on any atom is 0.326 e. The summed E-state index contributed by atoms with van der Waals surface area (Å²) < 4.78 is 0. The highest BCUT2D eigenvalue weighted by Gasteiger charge is 2.33. The summed E-state index contributed by atoms with van der Waals surface area (Å²) in [5.74, 6) is -1.03. The van der Waals surface area contributed by atoms with Gasteiger partial charge in [-0.3, -0.25) is 4.79 Å². The minimum absolute atomic E-state index is 0.135. The van der Waals surface area contributed by atoms with E-state index < -0.39 is 12.0 Å². The smallest absolute Gasteiger partial charge is 0.326 e. The summed E-state index contributed by atoms with van der Waals surface area (Å²) in [6.07, 6.45) is 2.33. The number of aryl methyl sites for hydroxylation is 1. The number of amides is 1. The molecule has 0 unspecified atom stereocenters. The SMILES string of the molecule is Cc1ccsc1C(=O)N1CCCC[C@@H]1C(=O)O. The van der Waals surface area contributed by atoms with Crippen molar-refractivity contribution in [3.8, 4) is 0 Å². The van der Waals surface area contributed by atoms with Crippen LogP contribution in [0.2, 0.25) is 0 Å². The van der Waals surface area contributed by atoms with Gasteiger partial charge in [-0.15, -0.1) is 11.3 Å². The Morgan fingerprint density at radius 2 is 2.24 bits per heavy atom. The second kappa shape index (κ2) is 4.87. The van der Waals surface area contributed by atoms with Crippen LogP contribution in [0.5, 0.6) is 0 Å². The first kappa shape index (κ1) is 12.1. The van der Waals surface area contributed by atoms with Crippen LogP contribution < -0.4 is 0 Å². The molecule has 1 fully saturated rings. The number of nitrogens with zero attached hydrogens (tertiary/aromatic N) is 1. The number of carboxylic acid groups (broad SMARTS) is 1. The number of carbonyl (C=O) groups excluding carboxylic acids is 1. The minimum Gasteiger partial charge on any atom is -0.480 e. The molecular formula is C12H15NO3S. The van der Waals surface area contributed by atoms with Crippen LogP contribution in [0.15, 0.2) is 11.4 Å². The molecule has 1 saturated heterocycles. The summed E-state index contributed by atoms with van der Waals surface area (Å²) in [7, 11) is 0. The molecule has 1 aromatic heterocycles. The first-order valence-electron chi connectivity index (χ1n) is 5.69. The predicted octanol–water partition coefficient (Wildman–Crippen LogP) is 2.14. The lowest BCUT2D eigenvalue weighted by Crippen LogP contribution is -2.47. The van der Waals surface area contributed by atoms with Crippen molar-refractivity contribution < 1.29 is 14.7 Å². The molecule has 0 radical (unpaired) electrons. The Morgan fingerprint density at radius 3 is 2.82 bits per heavy atom. The van der Waals surface area contributed by atoms with Crippen LogP contribution in [-0.4, -0.2) is 34.5 Å². The van der Waals surface area contributed by atoms with E-state index in [0.29, 0.717) is 17.8 Å². The van der Waals surface area contributed by atoms with E-state index >= 15 is 0 Å². The fourth-order valence-electron chi connectivity index (χ4n) is 2.15. The van der Waals surface area contributed by atoms with Crippen molar-refractivity contribution in [3.05, 3.63) is 21.9 Å². The lowest BCUT2D eigenvalue weighted by Gasteiger charge is -2.32. The van der Waals surface area contributed by atoms with Crippen molar-refractivity contribution in [2.24, 2.45) is 0 Å². The molecule has 0 aromatic carbocycles. The van der Waals surface area contributed by atoms with Crippen molar-refractivity contribution in [2.45, 2.75) is 32.2 Å². The van der Waals surface area contributed by atoms with Crippen molar-refractivity contribution in [3.63, 3.8) is 0 Å². The average molecular weight is 253 g/mol. The van der Waals surface area contributed by atoms with Gasteiger partial charge in [0.15, 0.2) is 0 Å². The quantitative estimate of drug-likeness (QED) is 0.878. The van der Waals surface area contributed by atoms with Crippen molar-refractivity contribution in [1.82, 2.24) is 4.90 Å².